The van der Waals surface area contributed by atoms with Crippen molar-refractivity contribution in [1.29, 1.82) is 0 Å². The minimum Gasteiger partial charge on any atom is -0.484 e. The number of benzene rings is 3. The highest BCUT2D eigenvalue weighted by Crippen LogP contribution is 2.26. The Balaban J connectivity index is 1.51. The van der Waals surface area contributed by atoms with E-state index < -0.39 is 0 Å². The lowest BCUT2D eigenvalue weighted by molar-refractivity contribution is -0.113. The zero-order chi connectivity index (χ0) is 23.2. The molecule has 0 spiro atoms. The average Bonchev–Trinajstić information content (AvgIpc) is 3.23. The van der Waals surface area contributed by atoms with E-state index in [1.54, 1.807) is 12.1 Å². The predicted molar refractivity (Wildman–Crippen MR) is 132 cm³/mol. The Morgan fingerprint density at radius 2 is 1.79 bits per heavy atom. The summed E-state index contributed by atoms with van der Waals surface area (Å²) in [5.41, 5.74) is 3.82. The summed E-state index contributed by atoms with van der Waals surface area (Å²) in [6.07, 6.45) is 0. The van der Waals surface area contributed by atoms with Crippen LogP contribution in [0.25, 0.3) is 5.69 Å². The Hall–Kier alpha value is -3.29. The van der Waals surface area contributed by atoms with Gasteiger partial charge in [-0.1, -0.05) is 65.8 Å². The molecule has 1 aromatic heterocycles. The van der Waals surface area contributed by atoms with Crippen molar-refractivity contribution >= 4 is 35.0 Å². The third kappa shape index (κ3) is 5.74. The molecule has 1 heterocycles. The first-order valence-electron chi connectivity index (χ1n) is 10.4. The third-order valence-electron chi connectivity index (χ3n) is 4.91. The predicted octanol–water partition coefficient (Wildman–Crippen LogP) is 5.85. The molecule has 4 rings (SSSR count). The summed E-state index contributed by atoms with van der Waals surface area (Å²) < 4.78 is 7.78. The van der Waals surface area contributed by atoms with Gasteiger partial charge in [-0.2, -0.15) is 0 Å². The largest absolute Gasteiger partial charge is 0.484 e. The first-order valence-corrected chi connectivity index (χ1v) is 11.7. The number of aryl methyl sites for hydroxylation is 2. The van der Waals surface area contributed by atoms with E-state index in [0.717, 1.165) is 22.5 Å². The molecule has 0 radical (unpaired) electrons. The van der Waals surface area contributed by atoms with E-state index in [4.69, 9.17) is 16.3 Å². The molecule has 0 atom stereocenters. The van der Waals surface area contributed by atoms with Crippen molar-refractivity contribution in [2.45, 2.75) is 25.6 Å². The molecule has 1 N–H and O–H groups in total. The molecule has 0 aliphatic carbocycles. The number of nitrogens with zero attached hydrogens (tertiary/aromatic N) is 3. The van der Waals surface area contributed by atoms with Crippen LogP contribution in [0.3, 0.4) is 0 Å². The van der Waals surface area contributed by atoms with Crippen LogP contribution in [-0.4, -0.2) is 26.4 Å². The van der Waals surface area contributed by atoms with Crippen molar-refractivity contribution in [3.63, 3.8) is 0 Å². The molecule has 0 aliphatic rings. The standard InChI is InChI=1S/C25H23ClN4O2S/c1-17-12-13-18(2)21(14-17)27-24(31)16-33-25-29-28-23(30(25)19-8-4-3-5-9-19)15-32-22-11-7-6-10-20(22)26/h3-14H,15-16H2,1-2H3,(H,27,31). The van der Waals surface area contributed by atoms with Gasteiger partial charge in [0.25, 0.3) is 0 Å². The number of nitrogens with one attached hydrogen (secondary N) is 1. The van der Waals surface area contributed by atoms with Crippen LogP contribution in [0.1, 0.15) is 17.0 Å². The molecule has 6 nitrogen and oxygen atoms in total. The van der Waals surface area contributed by atoms with Crippen LogP contribution in [-0.2, 0) is 11.4 Å². The van der Waals surface area contributed by atoms with Gasteiger partial charge in [-0.15, -0.1) is 10.2 Å². The highest BCUT2D eigenvalue weighted by Gasteiger charge is 2.17. The van der Waals surface area contributed by atoms with E-state index in [0.29, 0.717) is 21.8 Å². The maximum Gasteiger partial charge on any atom is 0.234 e. The lowest BCUT2D eigenvalue weighted by Gasteiger charge is -2.12. The van der Waals surface area contributed by atoms with E-state index in [-0.39, 0.29) is 18.3 Å². The van der Waals surface area contributed by atoms with Gasteiger partial charge in [-0.3, -0.25) is 9.36 Å². The quantitative estimate of drug-likeness (QED) is 0.322. The summed E-state index contributed by atoms with van der Waals surface area (Å²) in [6.45, 7) is 4.15. The van der Waals surface area contributed by atoms with Crippen molar-refractivity contribution in [3.05, 3.63) is 94.8 Å². The summed E-state index contributed by atoms with van der Waals surface area (Å²) >= 11 is 7.53. The second kappa shape index (κ2) is 10.6. The molecule has 168 valence electrons. The first kappa shape index (κ1) is 22.9. The van der Waals surface area contributed by atoms with Crippen LogP contribution in [0.15, 0.2) is 78.0 Å². The van der Waals surface area contributed by atoms with E-state index in [1.807, 2.05) is 79.1 Å². The van der Waals surface area contributed by atoms with Gasteiger partial charge in [0.05, 0.1) is 10.8 Å². The molecule has 0 saturated heterocycles. The van der Waals surface area contributed by atoms with Crippen LogP contribution in [0, 0.1) is 13.8 Å². The van der Waals surface area contributed by atoms with E-state index >= 15 is 0 Å². The Bertz CT molecular complexity index is 1260. The molecule has 33 heavy (non-hydrogen) atoms. The van der Waals surface area contributed by atoms with Crippen molar-refractivity contribution in [1.82, 2.24) is 14.8 Å². The molecule has 0 saturated carbocycles. The summed E-state index contributed by atoms with van der Waals surface area (Å²) in [4.78, 5) is 12.6. The molecule has 4 aromatic rings. The molecule has 1 amide bonds. The van der Waals surface area contributed by atoms with Gasteiger partial charge < -0.3 is 10.1 Å². The number of hydrogen-bond acceptors (Lipinski definition) is 5. The zero-order valence-electron chi connectivity index (χ0n) is 18.3. The molecule has 0 bridgehead atoms. The van der Waals surface area contributed by atoms with Crippen LogP contribution >= 0.6 is 23.4 Å². The van der Waals surface area contributed by atoms with E-state index in [1.165, 1.54) is 11.8 Å². The SMILES string of the molecule is Cc1ccc(C)c(NC(=O)CSc2nnc(COc3ccccc3Cl)n2-c2ccccc2)c1. The first-order chi connectivity index (χ1) is 16.0. The highest BCUT2D eigenvalue weighted by molar-refractivity contribution is 7.99. The molecule has 8 heteroatoms. The van der Waals surface area contributed by atoms with Crippen LogP contribution in [0.2, 0.25) is 5.02 Å². The van der Waals surface area contributed by atoms with Crippen molar-refractivity contribution < 1.29 is 9.53 Å². The summed E-state index contributed by atoms with van der Waals surface area (Å²) in [6, 6.07) is 23.0. The van der Waals surface area contributed by atoms with Gasteiger partial charge >= 0.3 is 0 Å². The third-order valence-corrected chi connectivity index (χ3v) is 6.15. The molecular weight excluding hydrogens is 456 g/mol. The number of para-hydroxylation sites is 2. The number of amides is 1. The Labute approximate surface area is 202 Å². The van der Waals surface area contributed by atoms with Crippen LogP contribution in [0.4, 0.5) is 5.69 Å². The number of aromatic nitrogens is 3. The number of hydrogen-bond donors (Lipinski definition) is 1. The molecule has 3 aromatic carbocycles. The highest BCUT2D eigenvalue weighted by atomic mass is 35.5. The zero-order valence-corrected chi connectivity index (χ0v) is 19.9. The number of ether oxygens (including phenoxy) is 1. The average molecular weight is 479 g/mol. The number of anilines is 1. The second-order valence-electron chi connectivity index (χ2n) is 7.44. The smallest absolute Gasteiger partial charge is 0.234 e. The molecule has 0 aliphatic heterocycles. The molecule has 0 unspecified atom stereocenters. The van der Waals surface area contributed by atoms with Crippen LogP contribution < -0.4 is 10.1 Å². The molecule has 0 fully saturated rings. The number of thioether (sulfide) groups is 1. The maximum atomic E-state index is 12.6. The summed E-state index contributed by atoms with van der Waals surface area (Å²) in [7, 11) is 0. The fourth-order valence-corrected chi connectivity index (χ4v) is 4.18. The minimum atomic E-state index is -0.106. The lowest BCUT2D eigenvalue weighted by atomic mass is 10.1. The van der Waals surface area contributed by atoms with Gasteiger partial charge in [0.15, 0.2) is 11.0 Å². The van der Waals surface area contributed by atoms with E-state index in [2.05, 4.69) is 15.5 Å². The van der Waals surface area contributed by atoms with Crippen molar-refractivity contribution in [2.75, 3.05) is 11.1 Å². The topological polar surface area (TPSA) is 69.0 Å². The monoisotopic (exact) mass is 478 g/mol. The minimum absolute atomic E-state index is 0.106. The van der Waals surface area contributed by atoms with Gasteiger partial charge in [0.2, 0.25) is 5.91 Å². The molecular formula is C25H23ClN4O2S. The van der Waals surface area contributed by atoms with Crippen LogP contribution in [0.5, 0.6) is 5.75 Å². The Kier molecular flexibility index (Phi) is 7.32. The number of rotatable bonds is 8. The number of carbonyl (C=O) groups is 1. The van der Waals surface area contributed by atoms with Crippen molar-refractivity contribution in [3.8, 4) is 11.4 Å². The van der Waals surface area contributed by atoms with Gasteiger partial charge in [-0.05, 0) is 55.3 Å². The second-order valence-corrected chi connectivity index (χ2v) is 8.79. The number of carbonyl (C=O) groups excluding carboxylic acids is 1. The lowest BCUT2D eigenvalue weighted by Crippen LogP contribution is -2.15. The fraction of sp³-hybridized carbons (Fsp3) is 0.160. The summed E-state index contributed by atoms with van der Waals surface area (Å²) in [5, 5.41) is 12.8. The normalized spacial score (nSPS) is 10.8. The van der Waals surface area contributed by atoms with Gasteiger partial charge in [0.1, 0.15) is 12.4 Å². The maximum absolute atomic E-state index is 12.6. The van der Waals surface area contributed by atoms with Gasteiger partial charge in [-0.25, -0.2) is 0 Å². The fourth-order valence-electron chi connectivity index (χ4n) is 3.21. The van der Waals surface area contributed by atoms with Crippen molar-refractivity contribution in [2.24, 2.45) is 0 Å². The number of halogens is 1. The van der Waals surface area contributed by atoms with Gasteiger partial charge in [0, 0.05) is 11.4 Å². The Morgan fingerprint density at radius 3 is 2.58 bits per heavy atom. The Morgan fingerprint density at radius 1 is 1.03 bits per heavy atom. The van der Waals surface area contributed by atoms with E-state index in [9.17, 15) is 4.79 Å². The summed E-state index contributed by atoms with van der Waals surface area (Å²) in [5.74, 6) is 1.27.